The summed E-state index contributed by atoms with van der Waals surface area (Å²) in [6, 6.07) is 0. The summed E-state index contributed by atoms with van der Waals surface area (Å²) in [5.74, 6) is 0. The van der Waals surface area contributed by atoms with Crippen molar-refractivity contribution < 1.29 is 0 Å². The summed E-state index contributed by atoms with van der Waals surface area (Å²) in [5.41, 5.74) is -0.104. The van der Waals surface area contributed by atoms with Gasteiger partial charge in [-0.2, -0.15) is 0 Å². The molecular weight excluding hydrogens is 258 g/mol. The van der Waals surface area contributed by atoms with E-state index in [2.05, 4.69) is 18.1 Å². The molecule has 0 amide bonds. The van der Waals surface area contributed by atoms with Crippen LogP contribution in [0.25, 0.3) is 24.3 Å². The highest BCUT2D eigenvalue weighted by Gasteiger charge is 1.95. The van der Waals surface area contributed by atoms with Gasteiger partial charge in [0.1, 0.15) is 0 Å². The van der Waals surface area contributed by atoms with Gasteiger partial charge < -0.3 is 4.98 Å². The van der Waals surface area contributed by atoms with Crippen LogP contribution in [-0.2, 0) is 0 Å². The Morgan fingerprint density at radius 3 is 1.67 bits per heavy atom. The molecule has 0 saturated carbocycles. The maximum Gasteiger partial charge on any atom is 0.256 e. The molecule has 1 heterocycles. The summed E-state index contributed by atoms with van der Waals surface area (Å²) in [7, 11) is 0. The molecule has 0 fully saturated rings. The van der Waals surface area contributed by atoms with Crippen molar-refractivity contribution in [3.05, 3.63) is 56.7 Å². The fraction of sp³-hybridized carbons (Fsp3) is 0.316. The van der Waals surface area contributed by atoms with Crippen molar-refractivity contribution >= 4 is 24.3 Å². The van der Waals surface area contributed by atoms with Gasteiger partial charge in [-0.15, -0.1) is 0 Å². The van der Waals surface area contributed by atoms with Crippen LogP contribution in [0.15, 0.2) is 30.1 Å². The van der Waals surface area contributed by atoms with E-state index >= 15 is 0 Å². The topological polar surface area (TPSA) is 32.9 Å². The predicted molar refractivity (Wildman–Crippen MR) is 97.9 cm³/mol. The standard InChI is InChI=1S/C15H17NO.2C2H6/c1-5-9-12-11(7-3)13(10-6-2)15(17)16-14(12)8-4;2*1-2/h5-10H,1-2H2,3-4H3,(H,16,17);2*1-2H3/b11-7-,12-9-,13-10+,14-8+;;. The van der Waals surface area contributed by atoms with Crippen molar-refractivity contribution in [1.82, 2.24) is 4.98 Å². The fourth-order valence-corrected chi connectivity index (χ4v) is 1.79. The number of allylic oxidation sites excluding steroid dienone is 2. The second-order valence-corrected chi connectivity index (χ2v) is 3.49. The Bertz CT molecular complexity index is 719. The molecule has 21 heavy (non-hydrogen) atoms. The quantitative estimate of drug-likeness (QED) is 0.886. The van der Waals surface area contributed by atoms with Gasteiger partial charge in [-0.1, -0.05) is 71.2 Å². The predicted octanol–water partition coefficient (Wildman–Crippen LogP) is 1.96. The smallest absolute Gasteiger partial charge is 0.256 e. The molecule has 0 radical (unpaired) electrons. The lowest BCUT2D eigenvalue weighted by atomic mass is 10.2. The number of nitrogens with one attached hydrogen (secondary N) is 1. The minimum atomic E-state index is -0.104. The normalized spacial score (nSPS) is 13.0. The van der Waals surface area contributed by atoms with Crippen LogP contribution >= 0.6 is 0 Å². The Balaban J connectivity index is 0. The first-order valence-electron chi connectivity index (χ1n) is 7.50. The molecule has 0 unspecified atom stereocenters. The zero-order valence-corrected chi connectivity index (χ0v) is 14.3. The molecule has 1 aromatic rings. The van der Waals surface area contributed by atoms with Gasteiger partial charge in [0.2, 0.25) is 0 Å². The van der Waals surface area contributed by atoms with Gasteiger partial charge in [-0.25, -0.2) is 0 Å². The van der Waals surface area contributed by atoms with Crippen LogP contribution in [0.3, 0.4) is 0 Å². The molecule has 0 aromatic carbocycles. The Morgan fingerprint density at radius 2 is 1.29 bits per heavy atom. The molecule has 1 rings (SSSR count). The molecule has 0 aliphatic carbocycles. The van der Waals surface area contributed by atoms with E-state index in [4.69, 9.17) is 0 Å². The van der Waals surface area contributed by atoms with Crippen molar-refractivity contribution in [2.24, 2.45) is 0 Å². The molecular formula is C19H29NO. The average Bonchev–Trinajstić information content (AvgIpc) is 2.54. The van der Waals surface area contributed by atoms with Crippen molar-refractivity contribution in [3.8, 4) is 0 Å². The SMILES string of the molecule is C=C/C=c1/c(=C/C)/c(=C\C=C)c(=O)[nH]/c1=C/C.CC.CC. The Hall–Kier alpha value is -2.09. The third-order valence-corrected chi connectivity index (χ3v) is 2.51. The molecule has 1 N–H and O–H groups in total. The molecule has 2 heteroatoms. The minimum Gasteiger partial charge on any atom is -0.322 e. The highest BCUT2D eigenvalue weighted by molar-refractivity contribution is 5.43. The summed E-state index contributed by atoms with van der Waals surface area (Å²) in [5, 5.41) is 3.31. The van der Waals surface area contributed by atoms with E-state index in [1.807, 2.05) is 59.8 Å². The molecule has 0 aliphatic heterocycles. The average molecular weight is 287 g/mol. The number of aromatic nitrogens is 1. The Kier molecular flexibility index (Phi) is 13.1. The summed E-state index contributed by atoms with van der Waals surface area (Å²) in [6.07, 6.45) is 10.7. The van der Waals surface area contributed by atoms with E-state index in [9.17, 15) is 4.79 Å². The van der Waals surface area contributed by atoms with Crippen LogP contribution < -0.4 is 26.6 Å². The Morgan fingerprint density at radius 1 is 0.810 bits per heavy atom. The monoisotopic (exact) mass is 287 g/mol. The van der Waals surface area contributed by atoms with E-state index in [0.717, 1.165) is 15.8 Å². The molecule has 0 bridgehead atoms. The largest absolute Gasteiger partial charge is 0.322 e. The molecule has 0 saturated heterocycles. The summed E-state index contributed by atoms with van der Waals surface area (Å²) >= 11 is 0. The van der Waals surface area contributed by atoms with Crippen molar-refractivity contribution in [2.45, 2.75) is 41.5 Å². The highest BCUT2D eigenvalue weighted by atomic mass is 16.1. The lowest BCUT2D eigenvalue weighted by Gasteiger charge is -1.94. The molecule has 0 atom stereocenters. The zero-order valence-electron chi connectivity index (χ0n) is 14.3. The van der Waals surface area contributed by atoms with Gasteiger partial charge in [0.05, 0.1) is 0 Å². The van der Waals surface area contributed by atoms with Crippen LogP contribution in [0.5, 0.6) is 0 Å². The van der Waals surface area contributed by atoms with Crippen LogP contribution in [0.4, 0.5) is 0 Å². The van der Waals surface area contributed by atoms with Gasteiger partial charge >= 0.3 is 0 Å². The number of H-pyrrole nitrogens is 1. The molecule has 116 valence electrons. The van der Waals surface area contributed by atoms with Gasteiger partial charge in [0.25, 0.3) is 5.56 Å². The van der Waals surface area contributed by atoms with Gasteiger partial charge in [0.15, 0.2) is 0 Å². The highest BCUT2D eigenvalue weighted by Crippen LogP contribution is 1.63. The zero-order chi connectivity index (χ0) is 16.8. The lowest BCUT2D eigenvalue weighted by molar-refractivity contribution is 1.10. The number of rotatable bonds is 2. The number of aromatic amines is 1. The van der Waals surface area contributed by atoms with E-state index in [1.165, 1.54) is 0 Å². The van der Waals surface area contributed by atoms with Crippen LogP contribution in [0, 0.1) is 0 Å². The first-order chi connectivity index (χ1) is 10.2. The van der Waals surface area contributed by atoms with E-state index < -0.39 is 0 Å². The maximum absolute atomic E-state index is 11.9. The van der Waals surface area contributed by atoms with Crippen LogP contribution in [-0.4, -0.2) is 4.98 Å². The second kappa shape index (κ2) is 12.9. The van der Waals surface area contributed by atoms with Gasteiger partial charge in [-0.05, 0) is 25.1 Å². The van der Waals surface area contributed by atoms with Crippen molar-refractivity contribution in [3.63, 3.8) is 0 Å². The first kappa shape index (κ1) is 21.2. The summed E-state index contributed by atoms with van der Waals surface area (Å²) < 4.78 is 0. The third-order valence-electron chi connectivity index (χ3n) is 2.51. The third kappa shape index (κ3) is 5.82. The summed E-state index contributed by atoms with van der Waals surface area (Å²) in [4.78, 5) is 14.8. The molecule has 0 spiro atoms. The maximum atomic E-state index is 11.9. The van der Waals surface area contributed by atoms with Crippen LogP contribution in [0.1, 0.15) is 41.5 Å². The van der Waals surface area contributed by atoms with E-state index in [1.54, 1.807) is 18.2 Å². The number of pyridine rings is 1. The number of hydrogen-bond donors (Lipinski definition) is 1. The van der Waals surface area contributed by atoms with Crippen LogP contribution in [0.2, 0.25) is 0 Å². The minimum absolute atomic E-state index is 0.104. The van der Waals surface area contributed by atoms with Gasteiger partial charge in [0, 0.05) is 15.8 Å². The first-order valence-corrected chi connectivity index (χ1v) is 7.50. The van der Waals surface area contributed by atoms with Crippen molar-refractivity contribution in [1.29, 1.82) is 0 Å². The second-order valence-electron chi connectivity index (χ2n) is 3.49. The van der Waals surface area contributed by atoms with Crippen molar-refractivity contribution in [2.75, 3.05) is 0 Å². The van der Waals surface area contributed by atoms with E-state index in [-0.39, 0.29) is 5.56 Å². The molecule has 1 aromatic heterocycles. The molecule has 2 nitrogen and oxygen atoms in total. The molecule has 0 aliphatic rings. The fourth-order valence-electron chi connectivity index (χ4n) is 1.79. The summed E-state index contributed by atoms with van der Waals surface area (Å²) in [6.45, 7) is 19.1. The Labute approximate surface area is 128 Å². The number of hydrogen-bond acceptors (Lipinski definition) is 1. The van der Waals surface area contributed by atoms with Gasteiger partial charge in [-0.3, -0.25) is 4.79 Å². The lowest BCUT2D eigenvalue weighted by Crippen LogP contribution is -2.57. The van der Waals surface area contributed by atoms with E-state index in [0.29, 0.717) is 5.22 Å².